The van der Waals surface area contributed by atoms with Gasteiger partial charge in [0.15, 0.2) is 0 Å². The molecular formula is C22H26N6O4S. The van der Waals surface area contributed by atoms with E-state index in [-0.39, 0.29) is 29.4 Å². The zero-order chi connectivity index (χ0) is 24.2. The molecule has 0 saturated carbocycles. The van der Waals surface area contributed by atoms with Crippen LogP contribution in [0.4, 0.5) is 11.4 Å². The van der Waals surface area contributed by atoms with Gasteiger partial charge in [0.1, 0.15) is 5.69 Å². The molecule has 10 nitrogen and oxygen atoms in total. The minimum atomic E-state index is -3.82. The molecule has 0 bridgehead atoms. The number of anilines is 1. The van der Waals surface area contributed by atoms with E-state index in [0.717, 1.165) is 28.7 Å². The van der Waals surface area contributed by atoms with Gasteiger partial charge in [0, 0.05) is 24.7 Å². The van der Waals surface area contributed by atoms with Crippen molar-refractivity contribution in [2.45, 2.75) is 32.6 Å². The predicted octanol–water partition coefficient (Wildman–Crippen LogP) is 3.87. The predicted molar refractivity (Wildman–Crippen MR) is 127 cm³/mol. The van der Waals surface area contributed by atoms with Crippen LogP contribution in [-0.2, 0) is 10.0 Å². The number of hydrogen-bond donors (Lipinski definition) is 1. The van der Waals surface area contributed by atoms with Gasteiger partial charge in [-0.1, -0.05) is 32.0 Å². The number of aryl methyl sites for hydroxylation is 1. The Morgan fingerprint density at radius 3 is 2.42 bits per heavy atom. The fourth-order valence-electron chi connectivity index (χ4n) is 3.46. The second-order valence-electron chi connectivity index (χ2n) is 7.23. The van der Waals surface area contributed by atoms with Crippen molar-refractivity contribution < 1.29 is 13.3 Å². The van der Waals surface area contributed by atoms with E-state index in [1.807, 2.05) is 44.2 Å². The normalized spacial score (nSPS) is 11.9. The van der Waals surface area contributed by atoms with Crippen molar-refractivity contribution in [1.82, 2.24) is 14.1 Å². The van der Waals surface area contributed by atoms with Crippen molar-refractivity contribution in [3.63, 3.8) is 0 Å². The smallest absolute Gasteiger partial charge is 0.272 e. The number of hydrazone groups is 1. The Labute approximate surface area is 192 Å². The van der Waals surface area contributed by atoms with Crippen LogP contribution in [0.5, 0.6) is 0 Å². The first-order valence-electron chi connectivity index (χ1n) is 10.4. The molecule has 0 aliphatic carbocycles. The molecule has 0 saturated heterocycles. The minimum absolute atomic E-state index is 0.0838. The van der Waals surface area contributed by atoms with E-state index in [4.69, 9.17) is 0 Å². The number of hydrogen-bond acceptors (Lipinski definition) is 7. The third-order valence-corrected chi connectivity index (χ3v) is 7.28. The lowest BCUT2D eigenvalue weighted by Gasteiger charge is -2.18. The van der Waals surface area contributed by atoms with Crippen molar-refractivity contribution in [3.8, 4) is 5.69 Å². The van der Waals surface area contributed by atoms with Crippen molar-refractivity contribution in [1.29, 1.82) is 0 Å². The molecule has 1 aromatic heterocycles. The van der Waals surface area contributed by atoms with Crippen molar-refractivity contribution >= 4 is 27.6 Å². The molecule has 3 rings (SSSR count). The lowest BCUT2D eigenvalue weighted by atomic mass is 10.2. The summed E-state index contributed by atoms with van der Waals surface area (Å²) in [6.07, 6.45) is 1.54. The van der Waals surface area contributed by atoms with E-state index in [1.54, 1.807) is 24.7 Å². The molecule has 33 heavy (non-hydrogen) atoms. The molecule has 0 radical (unpaired) electrons. The van der Waals surface area contributed by atoms with Crippen LogP contribution < -0.4 is 5.43 Å². The first kappa shape index (κ1) is 24.1. The van der Waals surface area contributed by atoms with Gasteiger partial charge in [0.25, 0.3) is 5.69 Å². The molecule has 0 aliphatic heterocycles. The Bertz CT molecular complexity index is 1280. The summed E-state index contributed by atoms with van der Waals surface area (Å²) >= 11 is 0. The molecule has 0 atom stereocenters. The van der Waals surface area contributed by atoms with Gasteiger partial charge in [-0.25, -0.2) is 13.1 Å². The van der Waals surface area contributed by atoms with Crippen LogP contribution in [0.2, 0.25) is 0 Å². The highest BCUT2D eigenvalue weighted by atomic mass is 32.2. The van der Waals surface area contributed by atoms with Gasteiger partial charge in [0.2, 0.25) is 10.0 Å². The summed E-state index contributed by atoms with van der Waals surface area (Å²) in [6, 6.07) is 13.4. The van der Waals surface area contributed by atoms with E-state index in [9.17, 15) is 18.5 Å². The maximum Gasteiger partial charge on any atom is 0.295 e. The van der Waals surface area contributed by atoms with Gasteiger partial charge in [-0.05, 0) is 38.1 Å². The first-order chi connectivity index (χ1) is 15.7. The molecule has 0 spiro atoms. The number of aromatic nitrogens is 2. The molecule has 2 aromatic carbocycles. The number of benzene rings is 2. The largest absolute Gasteiger partial charge is 0.295 e. The van der Waals surface area contributed by atoms with E-state index >= 15 is 0 Å². The van der Waals surface area contributed by atoms with Crippen LogP contribution in [0.1, 0.15) is 30.8 Å². The van der Waals surface area contributed by atoms with E-state index in [1.165, 1.54) is 16.4 Å². The molecule has 11 heteroatoms. The second kappa shape index (κ2) is 9.92. The number of nitro groups is 1. The Kier molecular flexibility index (Phi) is 7.24. The van der Waals surface area contributed by atoms with Crippen molar-refractivity contribution in [3.05, 3.63) is 75.6 Å². The highest BCUT2D eigenvalue weighted by Crippen LogP contribution is 2.29. The average Bonchev–Trinajstić information content (AvgIpc) is 3.08. The standard InChI is InChI=1S/C22H26N6O4S/c1-5-26(6-2)33(31,32)19-12-13-21(22(14-19)28(29)30)24-23-15-20-16(3)25-27(17(20)4)18-10-8-7-9-11-18/h7-15,24H,5-6H2,1-4H3. The van der Waals surface area contributed by atoms with Gasteiger partial charge in [0.05, 0.1) is 33.1 Å². The average molecular weight is 471 g/mol. The van der Waals surface area contributed by atoms with Crippen LogP contribution >= 0.6 is 0 Å². The lowest BCUT2D eigenvalue weighted by molar-refractivity contribution is -0.384. The molecule has 0 aliphatic rings. The topological polar surface area (TPSA) is 123 Å². The molecular weight excluding hydrogens is 444 g/mol. The van der Waals surface area contributed by atoms with Gasteiger partial charge >= 0.3 is 0 Å². The lowest BCUT2D eigenvalue weighted by Crippen LogP contribution is -2.30. The maximum atomic E-state index is 12.7. The highest BCUT2D eigenvalue weighted by molar-refractivity contribution is 7.89. The number of rotatable bonds is 9. The van der Waals surface area contributed by atoms with Crippen LogP contribution in [0, 0.1) is 24.0 Å². The van der Waals surface area contributed by atoms with Gasteiger partial charge in [-0.15, -0.1) is 0 Å². The first-order valence-corrected chi connectivity index (χ1v) is 11.8. The summed E-state index contributed by atoms with van der Waals surface area (Å²) < 4.78 is 28.5. The van der Waals surface area contributed by atoms with Gasteiger partial charge < -0.3 is 0 Å². The molecule has 3 aromatic rings. The summed E-state index contributed by atoms with van der Waals surface area (Å²) in [4.78, 5) is 10.8. The van der Waals surface area contributed by atoms with Crippen molar-refractivity contribution in [2.75, 3.05) is 18.5 Å². The van der Waals surface area contributed by atoms with E-state index < -0.39 is 14.9 Å². The van der Waals surface area contributed by atoms with Crippen LogP contribution in [-0.4, -0.2) is 46.7 Å². The zero-order valence-corrected chi connectivity index (χ0v) is 19.7. The Hall–Kier alpha value is -3.57. The van der Waals surface area contributed by atoms with Gasteiger partial charge in [-0.2, -0.15) is 14.5 Å². The van der Waals surface area contributed by atoms with Crippen molar-refractivity contribution in [2.24, 2.45) is 5.10 Å². The number of para-hydroxylation sites is 1. The molecule has 1 N–H and O–H groups in total. The number of nitro benzene ring substituents is 1. The Balaban J connectivity index is 1.89. The Morgan fingerprint density at radius 2 is 1.82 bits per heavy atom. The van der Waals surface area contributed by atoms with Gasteiger partial charge in [-0.3, -0.25) is 15.5 Å². The fraction of sp³-hybridized carbons (Fsp3) is 0.273. The maximum absolute atomic E-state index is 12.7. The summed E-state index contributed by atoms with van der Waals surface area (Å²) in [5, 5.41) is 20.3. The minimum Gasteiger partial charge on any atom is -0.272 e. The second-order valence-corrected chi connectivity index (χ2v) is 9.17. The number of nitrogens with zero attached hydrogens (tertiary/aromatic N) is 5. The van der Waals surface area contributed by atoms with E-state index in [2.05, 4.69) is 15.6 Å². The summed E-state index contributed by atoms with van der Waals surface area (Å²) in [5.74, 6) is 0. The molecule has 0 fully saturated rings. The third kappa shape index (κ3) is 4.94. The number of nitrogens with one attached hydrogen (secondary N) is 1. The SMILES string of the molecule is CCN(CC)S(=O)(=O)c1ccc(NN=Cc2c(C)nn(-c3ccccc3)c2C)c([N+](=O)[O-])c1. The summed E-state index contributed by atoms with van der Waals surface area (Å²) in [7, 11) is -3.82. The quantitative estimate of drug-likeness (QED) is 0.288. The molecule has 0 amide bonds. The Morgan fingerprint density at radius 1 is 1.15 bits per heavy atom. The fourth-order valence-corrected chi connectivity index (χ4v) is 4.94. The van der Waals surface area contributed by atoms with Crippen LogP contribution in [0.15, 0.2) is 58.5 Å². The highest BCUT2D eigenvalue weighted by Gasteiger charge is 2.25. The molecule has 0 unspecified atom stereocenters. The molecule has 1 heterocycles. The monoisotopic (exact) mass is 470 g/mol. The molecule has 174 valence electrons. The third-order valence-electron chi connectivity index (χ3n) is 5.24. The summed E-state index contributed by atoms with van der Waals surface area (Å²) in [5.41, 5.74) is 5.66. The number of sulfonamides is 1. The van der Waals surface area contributed by atoms with Crippen LogP contribution in [0.25, 0.3) is 5.69 Å². The van der Waals surface area contributed by atoms with Crippen LogP contribution in [0.3, 0.4) is 0 Å². The zero-order valence-electron chi connectivity index (χ0n) is 18.9. The summed E-state index contributed by atoms with van der Waals surface area (Å²) in [6.45, 7) is 7.72. The van der Waals surface area contributed by atoms with E-state index in [0.29, 0.717) is 0 Å².